The van der Waals surface area contributed by atoms with Gasteiger partial charge in [0, 0.05) is 6.42 Å². The zero-order valence-corrected chi connectivity index (χ0v) is 11.0. The minimum absolute atomic E-state index is 0.119. The SMILES string of the molecule is CC(C)Cc1cccc(Cc2ccccc2F)c1. The summed E-state index contributed by atoms with van der Waals surface area (Å²) in [6, 6.07) is 15.4. The third-order valence-corrected chi connectivity index (χ3v) is 2.99. The molecule has 0 atom stereocenters. The van der Waals surface area contributed by atoms with E-state index in [2.05, 4.69) is 38.1 Å². The van der Waals surface area contributed by atoms with E-state index < -0.39 is 0 Å². The molecule has 0 aliphatic rings. The fraction of sp³-hybridized carbons (Fsp3) is 0.294. The van der Waals surface area contributed by atoms with E-state index in [-0.39, 0.29) is 5.82 Å². The summed E-state index contributed by atoms with van der Waals surface area (Å²) in [5.41, 5.74) is 3.27. The van der Waals surface area contributed by atoms with Crippen LogP contribution in [0.3, 0.4) is 0 Å². The van der Waals surface area contributed by atoms with Crippen molar-refractivity contribution in [3.8, 4) is 0 Å². The van der Waals surface area contributed by atoms with Crippen LogP contribution >= 0.6 is 0 Å². The molecule has 2 aromatic carbocycles. The van der Waals surface area contributed by atoms with Crippen molar-refractivity contribution in [1.82, 2.24) is 0 Å². The number of benzene rings is 2. The van der Waals surface area contributed by atoms with Crippen LogP contribution in [0.4, 0.5) is 4.39 Å². The van der Waals surface area contributed by atoms with E-state index in [9.17, 15) is 4.39 Å². The third kappa shape index (κ3) is 3.43. The summed E-state index contributed by atoms with van der Waals surface area (Å²) in [6.07, 6.45) is 1.74. The largest absolute Gasteiger partial charge is 0.207 e. The zero-order chi connectivity index (χ0) is 13.0. The molecular weight excluding hydrogens is 223 g/mol. The second kappa shape index (κ2) is 5.81. The molecule has 0 bridgehead atoms. The first kappa shape index (κ1) is 12.8. The van der Waals surface area contributed by atoms with Crippen molar-refractivity contribution in [3.63, 3.8) is 0 Å². The van der Waals surface area contributed by atoms with E-state index in [1.807, 2.05) is 12.1 Å². The van der Waals surface area contributed by atoms with Gasteiger partial charge in [-0.25, -0.2) is 4.39 Å². The van der Waals surface area contributed by atoms with Crippen LogP contribution in [0.1, 0.15) is 30.5 Å². The van der Waals surface area contributed by atoms with Gasteiger partial charge in [0.15, 0.2) is 0 Å². The van der Waals surface area contributed by atoms with Gasteiger partial charge in [-0.15, -0.1) is 0 Å². The van der Waals surface area contributed by atoms with Crippen molar-refractivity contribution in [2.45, 2.75) is 26.7 Å². The van der Waals surface area contributed by atoms with Crippen LogP contribution in [0.2, 0.25) is 0 Å². The maximum atomic E-state index is 13.6. The van der Waals surface area contributed by atoms with Gasteiger partial charge in [0.2, 0.25) is 0 Å². The maximum Gasteiger partial charge on any atom is 0.126 e. The first-order chi connectivity index (χ1) is 8.65. The Labute approximate surface area is 108 Å². The highest BCUT2D eigenvalue weighted by molar-refractivity contribution is 5.30. The molecule has 1 heteroatoms. The average molecular weight is 242 g/mol. The number of halogens is 1. The number of hydrogen-bond donors (Lipinski definition) is 0. The Morgan fingerprint density at radius 2 is 1.67 bits per heavy atom. The Hall–Kier alpha value is -1.63. The van der Waals surface area contributed by atoms with E-state index in [0.717, 1.165) is 12.0 Å². The topological polar surface area (TPSA) is 0 Å². The second-order valence-corrected chi connectivity index (χ2v) is 5.19. The van der Waals surface area contributed by atoms with Crippen LogP contribution < -0.4 is 0 Å². The highest BCUT2D eigenvalue weighted by Crippen LogP contribution is 2.16. The highest BCUT2D eigenvalue weighted by atomic mass is 19.1. The summed E-state index contributed by atoms with van der Waals surface area (Å²) in [7, 11) is 0. The van der Waals surface area contributed by atoms with Crippen molar-refractivity contribution in [2.24, 2.45) is 5.92 Å². The lowest BCUT2D eigenvalue weighted by Gasteiger charge is -2.08. The number of hydrogen-bond acceptors (Lipinski definition) is 0. The Morgan fingerprint density at radius 3 is 2.39 bits per heavy atom. The van der Waals surface area contributed by atoms with Gasteiger partial charge in [0.25, 0.3) is 0 Å². The van der Waals surface area contributed by atoms with Gasteiger partial charge in [-0.05, 0) is 35.1 Å². The van der Waals surface area contributed by atoms with Crippen LogP contribution in [0.25, 0.3) is 0 Å². The molecule has 0 saturated heterocycles. The zero-order valence-electron chi connectivity index (χ0n) is 11.0. The van der Waals surface area contributed by atoms with Crippen LogP contribution in [-0.2, 0) is 12.8 Å². The summed E-state index contributed by atoms with van der Waals surface area (Å²) in [6.45, 7) is 4.42. The monoisotopic (exact) mass is 242 g/mol. The molecule has 0 fully saturated rings. The van der Waals surface area contributed by atoms with Gasteiger partial charge >= 0.3 is 0 Å². The van der Waals surface area contributed by atoms with Gasteiger partial charge < -0.3 is 0 Å². The second-order valence-electron chi connectivity index (χ2n) is 5.19. The number of rotatable bonds is 4. The quantitative estimate of drug-likeness (QED) is 0.734. The van der Waals surface area contributed by atoms with Gasteiger partial charge in [-0.3, -0.25) is 0 Å². The average Bonchev–Trinajstić information content (AvgIpc) is 2.32. The predicted molar refractivity (Wildman–Crippen MR) is 74.2 cm³/mol. The van der Waals surface area contributed by atoms with Crippen molar-refractivity contribution in [3.05, 3.63) is 71.0 Å². The summed E-state index contributed by atoms with van der Waals surface area (Å²) in [4.78, 5) is 0. The summed E-state index contributed by atoms with van der Waals surface area (Å²) in [5, 5.41) is 0. The first-order valence-corrected chi connectivity index (χ1v) is 6.46. The molecule has 18 heavy (non-hydrogen) atoms. The van der Waals surface area contributed by atoms with Crippen LogP contribution in [0.15, 0.2) is 48.5 Å². The lowest BCUT2D eigenvalue weighted by Crippen LogP contribution is -1.97. The van der Waals surface area contributed by atoms with Crippen molar-refractivity contribution < 1.29 is 4.39 Å². The normalized spacial score (nSPS) is 10.9. The molecule has 0 saturated carbocycles. The smallest absolute Gasteiger partial charge is 0.126 e. The molecule has 0 amide bonds. The molecule has 2 aromatic rings. The summed E-state index contributed by atoms with van der Waals surface area (Å²) < 4.78 is 13.6. The summed E-state index contributed by atoms with van der Waals surface area (Å²) in [5.74, 6) is 0.528. The molecule has 94 valence electrons. The lowest BCUT2D eigenvalue weighted by atomic mass is 9.98. The standard InChI is InChI=1S/C17H19F/c1-13(2)10-14-6-5-7-15(11-14)12-16-8-3-4-9-17(16)18/h3-9,11,13H,10,12H2,1-2H3. The Kier molecular flexibility index (Phi) is 4.14. The van der Waals surface area contributed by atoms with Crippen molar-refractivity contribution in [2.75, 3.05) is 0 Å². The Bertz CT molecular complexity index is 515. The Balaban J connectivity index is 2.17. The molecule has 2 rings (SSSR count). The molecule has 0 unspecified atom stereocenters. The first-order valence-electron chi connectivity index (χ1n) is 6.46. The fourth-order valence-electron chi connectivity index (χ4n) is 2.20. The molecule has 0 N–H and O–H groups in total. The minimum Gasteiger partial charge on any atom is -0.207 e. The molecule has 0 aliphatic carbocycles. The van der Waals surface area contributed by atoms with Crippen LogP contribution in [0.5, 0.6) is 0 Å². The molecular formula is C17H19F. The molecule has 0 nitrogen and oxygen atoms in total. The van der Waals surface area contributed by atoms with E-state index in [1.54, 1.807) is 6.07 Å². The van der Waals surface area contributed by atoms with E-state index in [1.165, 1.54) is 17.2 Å². The van der Waals surface area contributed by atoms with E-state index >= 15 is 0 Å². The fourth-order valence-corrected chi connectivity index (χ4v) is 2.20. The van der Waals surface area contributed by atoms with Gasteiger partial charge in [-0.2, -0.15) is 0 Å². The highest BCUT2D eigenvalue weighted by Gasteiger charge is 2.04. The lowest BCUT2D eigenvalue weighted by molar-refractivity contribution is 0.613. The molecule has 0 spiro atoms. The molecule has 0 aliphatic heterocycles. The molecule has 0 aromatic heterocycles. The van der Waals surface area contributed by atoms with Gasteiger partial charge in [0.1, 0.15) is 5.82 Å². The van der Waals surface area contributed by atoms with Crippen LogP contribution in [0, 0.1) is 11.7 Å². The van der Waals surface area contributed by atoms with E-state index in [4.69, 9.17) is 0 Å². The van der Waals surface area contributed by atoms with Gasteiger partial charge in [0.05, 0.1) is 0 Å². The van der Waals surface area contributed by atoms with Crippen molar-refractivity contribution in [1.29, 1.82) is 0 Å². The molecule has 0 radical (unpaired) electrons. The van der Waals surface area contributed by atoms with Crippen LogP contribution in [-0.4, -0.2) is 0 Å². The predicted octanol–water partition coefficient (Wildman–Crippen LogP) is 4.62. The Morgan fingerprint density at radius 1 is 0.944 bits per heavy atom. The van der Waals surface area contributed by atoms with Gasteiger partial charge in [-0.1, -0.05) is 56.3 Å². The molecule has 0 heterocycles. The van der Waals surface area contributed by atoms with E-state index in [0.29, 0.717) is 12.3 Å². The third-order valence-electron chi connectivity index (χ3n) is 2.99. The minimum atomic E-state index is -0.119. The van der Waals surface area contributed by atoms with Crippen molar-refractivity contribution >= 4 is 0 Å². The summed E-state index contributed by atoms with van der Waals surface area (Å²) >= 11 is 0. The maximum absolute atomic E-state index is 13.6.